The third-order valence-corrected chi connectivity index (χ3v) is 1.69. The largest absolute Gasteiger partial charge is 0.394 e. The number of halogens is 1. The van der Waals surface area contributed by atoms with Crippen LogP contribution >= 0.6 is 0 Å². The summed E-state index contributed by atoms with van der Waals surface area (Å²) in [5.74, 6) is 0. The summed E-state index contributed by atoms with van der Waals surface area (Å²) >= 11 is 0. The van der Waals surface area contributed by atoms with Gasteiger partial charge in [-0.15, -0.1) is 0 Å². The molecule has 0 saturated carbocycles. The Morgan fingerprint density at radius 2 is 2.27 bits per heavy atom. The zero-order valence-corrected chi connectivity index (χ0v) is 6.11. The van der Waals surface area contributed by atoms with Gasteiger partial charge in [0.25, 0.3) is 0 Å². The van der Waals surface area contributed by atoms with E-state index in [1.54, 1.807) is 0 Å². The highest BCUT2D eigenvalue weighted by Gasteiger charge is 2.43. The fraction of sp³-hybridized carbons (Fsp3) is 1.00. The molecule has 0 aromatic rings. The second-order valence-corrected chi connectivity index (χ2v) is 2.40. The average Bonchev–Trinajstić information content (AvgIpc) is 2.30. The van der Waals surface area contributed by atoms with Crippen LogP contribution in [-0.2, 0) is 9.47 Å². The summed E-state index contributed by atoms with van der Waals surface area (Å²) in [4.78, 5) is 0. The lowest BCUT2D eigenvalue weighted by atomic mass is 10.2. The van der Waals surface area contributed by atoms with Crippen LogP contribution in [0.4, 0.5) is 4.39 Å². The topological polar surface area (TPSA) is 58.9 Å². The van der Waals surface area contributed by atoms with Gasteiger partial charge in [0.2, 0.25) is 0 Å². The van der Waals surface area contributed by atoms with Crippen molar-refractivity contribution in [1.29, 1.82) is 0 Å². The van der Waals surface area contributed by atoms with Crippen molar-refractivity contribution in [3.63, 3.8) is 0 Å². The van der Waals surface area contributed by atoms with Crippen molar-refractivity contribution >= 4 is 0 Å². The van der Waals surface area contributed by atoms with E-state index in [1.807, 2.05) is 0 Å². The Hall–Kier alpha value is -0.230. The van der Waals surface area contributed by atoms with Crippen molar-refractivity contribution in [3.05, 3.63) is 0 Å². The molecule has 0 aromatic heterocycles. The number of aliphatic hydroxyl groups excluding tert-OH is 2. The quantitative estimate of drug-likeness (QED) is 0.555. The maximum absolute atomic E-state index is 12.8. The molecule has 0 bridgehead atoms. The molecule has 2 N–H and O–H groups in total. The molecule has 4 atom stereocenters. The molecule has 5 heteroatoms. The van der Waals surface area contributed by atoms with E-state index in [-0.39, 0.29) is 0 Å². The molecule has 11 heavy (non-hydrogen) atoms. The molecule has 66 valence electrons. The predicted molar refractivity (Wildman–Crippen MR) is 33.7 cm³/mol. The lowest BCUT2D eigenvalue weighted by Gasteiger charge is -2.09. The minimum atomic E-state index is -1.57. The maximum Gasteiger partial charge on any atom is 0.191 e. The minimum Gasteiger partial charge on any atom is -0.394 e. The van der Waals surface area contributed by atoms with Gasteiger partial charge >= 0.3 is 0 Å². The Labute approximate surface area is 63.5 Å². The van der Waals surface area contributed by atoms with Crippen molar-refractivity contribution in [2.75, 3.05) is 13.7 Å². The van der Waals surface area contributed by atoms with Gasteiger partial charge in [0.1, 0.15) is 12.2 Å². The van der Waals surface area contributed by atoms with Gasteiger partial charge in [-0.05, 0) is 0 Å². The Kier molecular flexibility index (Phi) is 2.78. The zero-order valence-electron chi connectivity index (χ0n) is 6.11. The smallest absolute Gasteiger partial charge is 0.191 e. The van der Waals surface area contributed by atoms with Gasteiger partial charge in [0.15, 0.2) is 12.5 Å². The third kappa shape index (κ3) is 1.51. The van der Waals surface area contributed by atoms with Crippen LogP contribution in [0.5, 0.6) is 0 Å². The summed E-state index contributed by atoms with van der Waals surface area (Å²) in [6, 6.07) is 0. The van der Waals surface area contributed by atoms with E-state index in [1.165, 1.54) is 7.11 Å². The summed E-state index contributed by atoms with van der Waals surface area (Å²) in [6.07, 6.45) is -4.78. The van der Waals surface area contributed by atoms with E-state index in [2.05, 4.69) is 4.74 Å². The first kappa shape index (κ1) is 8.86. The molecule has 1 fully saturated rings. The monoisotopic (exact) mass is 166 g/mol. The van der Waals surface area contributed by atoms with E-state index in [0.29, 0.717) is 0 Å². The average molecular weight is 166 g/mol. The van der Waals surface area contributed by atoms with Crippen molar-refractivity contribution in [2.24, 2.45) is 0 Å². The molecule has 0 amide bonds. The number of hydrogen-bond donors (Lipinski definition) is 2. The highest BCUT2D eigenvalue weighted by molar-refractivity contribution is 4.86. The fourth-order valence-electron chi connectivity index (χ4n) is 1.03. The first-order chi connectivity index (χ1) is 5.20. The predicted octanol–water partition coefficient (Wildman–Crippen LogP) is -0.951. The molecule has 0 unspecified atom stereocenters. The minimum absolute atomic E-state index is 0.401. The molecule has 1 aliphatic rings. The van der Waals surface area contributed by atoms with Crippen molar-refractivity contribution in [2.45, 2.75) is 24.7 Å². The Balaban J connectivity index is 2.53. The standard InChI is InChI=1S/C6H11FO4/c1-10-6-4(7)5(9)3(2-8)11-6/h3-6,8-9H,2H2,1H3/t3-,4-,5+,6-/m1/s1. The van der Waals surface area contributed by atoms with E-state index in [0.717, 1.165) is 0 Å². The molecule has 0 aliphatic carbocycles. The fourth-order valence-corrected chi connectivity index (χ4v) is 1.03. The summed E-state index contributed by atoms with van der Waals surface area (Å²) in [5, 5.41) is 17.6. The van der Waals surface area contributed by atoms with Crippen LogP contribution in [0.3, 0.4) is 0 Å². The van der Waals surface area contributed by atoms with Gasteiger partial charge in [-0.1, -0.05) is 0 Å². The van der Waals surface area contributed by atoms with Crippen LogP contribution in [0.2, 0.25) is 0 Å². The molecule has 1 saturated heterocycles. The van der Waals surface area contributed by atoms with Gasteiger partial charge in [0, 0.05) is 7.11 Å². The van der Waals surface area contributed by atoms with Crippen LogP contribution in [0.25, 0.3) is 0 Å². The van der Waals surface area contributed by atoms with Crippen LogP contribution in [-0.4, -0.2) is 48.6 Å². The second kappa shape index (κ2) is 3.44. The third-order valence-electron chi connectivity index (χ3n) is 1.69. The molecule has 1 aliphatic heterocycles. The van der Waals surface area contributed by atoms with Gasteiger partial charge in [-0.2, -0.15) is 0 Å². The van der Waals surface area contributed by atoms with E-state index in [4.69, 9.17) is 14.9 Å². The Morgan fingerprint density at radius 1 is 1.64 bits per heavy atom. The van der Waals surface area contributed by atoms with Crippen LogP contribution in [0.15, 0.2) is 0 Å². The van der Waals surface area contributed by atoms with E-state index >= 15 is 0 Å². The molecular formula is C6H11FO4. The molecule has 0 radical (unpaired) electrons. The Bertz CT molecular complexity index is 114. The van der Waals surface area contributed by atoms with Crippen LogP contribution in [0.1, 0.15) is 0 Å². The number of hydrogen-bond acceptors (Lipinski definition) is 4. The summed E-state index contributed by atoms with van der Waals surface area (Å²) in [6.45, 7) is -0.401. The first-order valence-corrected chi connectivity index (χ1v) is 3.32. The van der Waals surface area contributed by atoms with Crippen LogP contribution in [0, 0.1) is 0 Å². The van der Waals surface area contributed by atoms with Crippen molar-refractivity contribution < 1.29 is 24.1 Å². The number of rotatable bonds is 2. The molecular weight excluding hydrogens is 155 g/mol. The van der Waals surface area contributed by atoms with Crippen LogP contribution < -0.4 is 0 Å². The van der Waals surface area contributed by atoms with E-state index in [9.17, 15) is 4.39 Å². The normalized spacial score (nSPS) is 44.7. The van der Waals surface area contributed by atoms with E-state index < -0.39 is 31.3 Å². The summed E-state index contributed by atoms with van der Waals surface area (Å²) in [7, 11) is 1.28. The SMILES string of the molecule is CO[C@@H]1O[C@H](CO)[C@H](O)[C@H]1F. The first-order valence-electron chi connectivity index (χ1n) is 3.32. The Morgan fingerprint density at radius 3 is 2.55 bits per heavy atom. The molecule has 4 nitrogen and oxygen atoms in total. The molecule has 0 aromatic carbocycles. The molecule has 1 rings (SSSR count). The number of aliphatic hydroxyl groups is 2. The van der Waals surface area contributed by atoms with Gasteiger partial charge < -0.3 is 19.7 Å². The van der Waals surface area contributed by atoms with Gasteiger partial charge in [0.05, 0.1) is 6.61 Å². The maximum atomic E-state index is 12.8. The highest BCUT2D eigenvalue weighted by atomic mass is 19.1. The van der Waals surface area contributed by atoms with Gasteiger partial charge in [-0.3, -0.25) is 0 Å². The number of alkyl halides is 1. The zero-order chi connectivity index (χ0) is 8.43. The van der Waals surface area contributed by atoms with Crippen molar-refractivity contribution in [1.82, 2.24) is 0 Å². The second-order valence-electron chi connectivity index (χ2n) is 2.40. The lowest BCUT2D eigenvalue weighted by molar-refractivity contribution is -0.141. The molecule has 0 spiro atoms. The lowest BCUT2D eigenvalue weighted by Crippen LogP contribution is -2.31. The number of methoxy groups -OCH3 is 1. The number of ether oxygens (including phenoxy) is 2. The summed E-state index contributed by atoms with van der Waals surface area (Å²) in [5.41, 5.74) is 0. The molecule has 1 heterocycles. The van der Waals surface area contributed by atoms with Gasteiger partial charge in [-0.25, -0.2) is 4.39 Å². The summed E-state index contributed by atoms with van der Waals surface area (Å²) < 4.78 is 22.2. The van der Waals surface area contributed by atoms with Crippen molar-refractivity contribution in [3.8, 4) is 0 Å². The highest BCUT2D eigenvalue weighted by Crippen LogP contribution is 2.23.